The SMILES string of the molecule is CCOc1cc([C@@H](N)CC2CC2)cc(Br)c1O.Cl. The van der Waals surface area contributed by atoms with Crippen molar-refractivity contribution in [3.8, 4) is 11.5 Å². The van der Waals surface area contributed by atoms with Crippen molar-refractivity contribution in [2.75, 3.05) is 6.61 Å². The molecule has 0 amide bonds. The number of hydrogen-bond donors (Lipinski definition) is 2. The van der Waals surface area contributed by atoms with Crippen LogP contribution in [0.3, 0.4) is 0 Å². The van der Waals surface area contributed by atoms with Gasteiger partial charge >= 0.3 is 0 Å². The van der Waals surface area contributed by atoms with Crippen molar-refractivity contribution in [2.24, 2.45) is 11.7 Å². The number of halogens is 2. The lowest BCUT2D eigenvalue weighted by atomic mass is 10.0. The molecule has 1 aromatic rings. The van der Waals surface area contributed by atoms with Crippen LogP contribution in [0.2, 0.25) is 0 Å². The summed E-state index contributed by atoms with van der Waals surface area (Å²) in [5.41, 5.74) is 7.18. The first-order valence-corrected chi connectivity index (χ1v) is 6.82. The zero-order valence-electron chi connectivity index (χ0n) is 10.4. The molecule has 0 bridgehead atoms. The summed E-state index contributed by atoms with van der Waals surface area (Å²) in [6, 6.07) is 3.75. The Kier molecular flexibility index (Phi) is 5.76. The molecule has 5 heteroatoms. The number of aromatic hydroxyl groups is 1. The lowest BCUT2D eigenvalue weighted by molar-refractivity contribution is 0.316. The molecule has 0 saturated heterocycles. The molecule has 102 valence electrons. The standard InChI is InChI=1S/C13H18BrNO2.ClH/c1-2-17-12-7-9(6-10(14)13(12)16)11(15)5-8-3-4-8;/h6-8,11,16H,2-5,15H2,1H3;1H/t11-;/m0./s1. The lowest BCUT2D eigenvalue weighted by Crippen LogP contribution is -2.11. The van der Waals surface area contributed by atoms with Crippen LogP contribution in [0.25, 0.3) is 0 Å². The zero-order chi connectivity index (χ0) is 12.4. The van der Waals surface area contributed by atoms with E-state index in [1.807, 2.05) is 19.1 Å². The normalized spacial score (nSPS) is 15.9. The zero-order valence-corrected chi connectivity index (χ0v) is 12.8. The van der Waals surface area contributed by atoms with Gasteiger partial charge in [0.05, 0.1) is 11.1 Å². The van der Waals surface area contributed by atoms with Gasteiger partial charge in [-0.25, -0.2) is 0 Å². The maximum Gasteiger partial charge on any atom is 0.172 e. The van der Waals surface area contributed by atoms with E-state index < -0.39 is 0 Å². The second-order valence-electron chi connectivity index (χ2n) is 4.57. The summed E-state index contributed by atoms with van der Waals surface area (Å²) in [6.07, 6.45) is 3.61. The Labute approximate surface area is 122 Å². The van der Waals surface area contributed by atoms with Crippen LogP contribution in [0.5, 0.6) is 11.5 Å². The second kappa shape index (κ2) is 6.64. The predicted molar refractivity (Wildman–Crippen MR) is 78.5 cm³/mol. The van der Waals surface area contributed by atoms with E-state index in [-0.39, 0.29) is 24.2 Å². The van der Waals surface area contributed by atoms with Gasteiger partial charge in [-0.15, -0.1) is 12.4 Å². The first kappa shape index (κ1) is 15.6. The number of phenols is 1. The van der Waals surface area contributed by atoms with E-state index in [0.717, 1.165) is 17.9 Å². The van der Waals surface area contributed by atoms with Gasteiger partial charge < -0.3 is 15.6 Å². The molecule has 1 atom stereocenters. The molecule has 0 heterocycles. The smallest absolute Gasteiger partial charge is 0.172 e. The Morgan fingerprint density at radius 3 is 2.72 bits per heavy atom. The molecule has 2 rings (SSSR count). The third-order valence-corrected chi connectivity index (χ3v) is 3.67. The summed E-state index contributed by atoms with van der Waals surface area (Å²) in [7, 11) is 0. The molecular weight excluding hydrogens is 318 g/mol. The van der Waals surface area contributed by atoms with Gasteiger partial charge in [0.2, 0.25) is 0 Å². The fraction of sp³-hybridized carbons (Fsp3) is 0.538. The highest BCUT2D eigenvalue weighted by Gasteiger charge is 2.25. The summed E-state index contributed by atoms with van der Waals surface area (Å²) in [4.78, 5) is 0. The number of phenolic OH excluding ortho intramolecular Hbond substituents is 1. The molecular formula is C13H19BrClNO2. The van der Waals surface area contributed by atoms with Gasteiger partial charge in [0.1, 0.15) is 0 Å². The largest absolute Gasteiger partial charge is 0.503 e. The maximum absolute atomic E-state index is 9.82. The molecule has 0 aliphatic heterocycles. The van der Waals surface area contributed by atoms with Crippen molar-refractivity contribution in [3.63, 3.8) is 0 Å². The first-order valence-electron chi connectivity index (χ1n) is 6.02. The molecule has 3 N–H and O–H groups in total. The maximum atomic E-state index is 9.82. The van der Waals surface area contributed by atoms with Crippen molar-refractivity contribution < 1.29 is 9.84 Å². The van der Waals surface area contributed by atoms with Gasteiger partial charge in [-0.3, -0.25) is 0 Å². The van der Waals surface area contributed by atoms with E-state index in [4.69, 9.17) is 10.5 Å². The minimum Gasteiger partial charge on any atom is -0.503 e. The van der Waals surface area contributed by atoms with Crippen molar-refractivity contribution >= 4 is 28.3 Å². The number of hydrogen-bond acceptors (Lipinski definition) is 3. The van der Waals surface area contributed by atoms with E-state index >= 15 is 0 Å². The van der Waals surface area contributed by atoms with E-state index in [1.165, 1.54) is 12.8 Å². The monoisotopic (exact) mass is 335 g/mol. The van der Waals surface area contributed by atoms with Crippen LogP contribution in [-0.4, -0.2) is 11.7 Å². The van der Waals surface area contributed by atoms with Crippen LogP contribution in [0.4, 0.5) is 0 Å². The summed E-state index contributed by atoms with van der Waals surface area (Å²) < 4.78 is 6.04. The summed E-state index contributed by atoms with van der Waals surface area (Å²) in [6.45, 7) is 2.42. The minimum atomic E-state index is 0. The minimum absolute atomic E-state index is 0. The summed E-state index contributed by atoms with van der Waals surface area (Å²) >= 11 is 3.33. The highest BCUT2D eigenvalue weighted by Crippen LogP contribution is 2.40. The molecule has 0 unspecified atom stereocenters. The van der Waals surface area contributed by atoms with Crippen LogP contribution in [-0.2, 0) is 0 Å². The molecule has 3 nitrogen and oxygen atoms in total. The summed E-state index contributed by atoms with van der Waals surface area (Å²) in [5.74, 6) is 1.44. The third-order valence-electron chi connectivity index (χ3n) is 3.06. The molecule has 1 fully saturated rings. The van der Waals surface area contributed by atoms with Crippen LogP contribution in [0.1, 0.15) is 37.8 Å². The van der Waals surface area contributed by atoms with Gasteiger partial charge in [-0.05, 0) is 52.9 Å². The van der Waals surface area contributed by atoms with E-state index in [9.17, 15) is 5.11 Å². The van der Waals surface area contributed by atoms with E-state index in [2.05, 4.69) is 15.9 Å². The fourth-order valence-electron chi connectivity index (χ4n) is 1.92. The molecule has 1 aliphatic rings. The topological polar surface area (TPSA) is 55.5 Å². The molecule has 0 aromatic heterocycles. The molecule has 18 heavy (non-hydrogen) atoms. The van der Waals surface area contributed by atoms with E-state index in [1.54, 1.807) is 0 Å². The van der Waals surface area contributed by atoms with Crippen LogP contribution >= 0.6 is 28.3 Å². The number of benzene rings is 1. The van der Waals surface area contributed by atoms with Gasteiger partial charge in [-0.1, -0.05) is 12.8 Å². The Balaban J connectivity index is 0.00000162. The molecule has 0 spiro atoms. The predicted octanol–water partition coefficient (Wildman–Crippen LogP) is 3.78. The highest BCUT2D eigenvalue weighted by molar-refractivity contribution is 9.10. The third kappa shape index (κ3) is 3.77. The fourth-order valence-corrected chi connectivity index (χ4v) is 2.38. The number of rotatable bonds is 5. The molecule has 1 aromatic carbocycles. The lowest BCUT2D eigenvalue weighted by Gasteiger charge is -2.15. The Bertz CT molecular complexity index is 410. The molecule has 1 saturated carbocycles. The van der Waals surface area contributed by atoms with Crippen LogP contribution < -0.4 is 10.5 Å². The van der Waals surface area contributed by atoms with Crippen LogP contribution in [0.15, 0.2) is 16.6 Å². The van der Waals surface area contributed by atoms with Crippen LogP contribution in [0, 0.1) is 5.92 Å². The number of ether oxygens (including phenoxy) is 1. The van der Waals surface area contributed by atoms with Crippen molar-refractivity contribution in [1.82, 2.24) is 0 Å². The van der Waals surface area contributed by atoms with Gasteiger partial charge in [0, 0.05) is 6.04 Å². The van der Waals surface area contributed by atoms with E-state index in [0.29, 0.717) is 16.8 Å². The summed E-state index contributed by atoms with van der Waals surface area (Å²) in [5, 5.41) is 9.82. The second-order valence-corrected chi connectivity index (χ2v) is 5.42. The Hall–Kier alpha value is -0.450. The van der Waals surface area contributed by atoms with Gasteiger partial charge in [0.15, 0.2) is 11.5 Å². The molecule has 1 aliphatic carbocycles. The Morgan fingerprint density at radius 2 is 2.17 bits per heavy atom. The van der Waals surface area contributed by atoms with Gasteiger partial charge in [0.25, 0.3) is 0 Å². The average molecular weight is 337 g/mol. The first-order chi connectivity index (χ1) is 8.11. The highest BCUT2D eigenvalue weighted by atomic mass is 79.9. The molecule has 0 radical (unpaired) electrons. The van der Waals surface area contributed by atoms with Gasteiger partial charge in [-0.2, -0.15) is 0 Å². The number of nitrogens with two attached hydrogens (primary N) is 1. The average Bonchev–Trinajstić information content (AvgIpc) is 3.08. The Morgan fingerprint density at radius 1 is 1.50 bits per heavy atom. The van der Waals surface area contributed by atoms with Crippen molar-refractivity contribution in [1.29, 1.82) is 0 Å². The van der Waals surface area contributed by atoms with Crippen molar-refractivity contribution in [3.05, 3.63) is 22.2 Å². The quantitative estimate of drug-likeness (QED) is 0.860. The van der Waals surface area contributed by atoms with Crippen molar-refractivity contribution in [2.45, 2.75) is 32.2 Å².